The molecule has 162 valence electrons. The smallest absolute Gasteiger partial charge is 0.357 e. The second-order valence-electron chi connectivity index (χ2n) is 6.57. The van der Waals surface area contributed by atoms with Gasteiger partial charge >= 0.3 is 21.2 Å². The topological polar surface area (TPSA) is 119 Å². The summed E-state index contributed by atoms with van der Waals surface area (Å²) in [5.74, 6) is -1.27. The molecule has 0 aromatic carbocycles. The van der Waals surface area contributed by atoms with Crippen LogP contribution in [0.2, 0.25) is 0 Å². The lowest BCUT2D eigenvalue weighted by Crippen LogP contribution is -2.38. The van der Waals surface area contributed by atoms with Gasteiger partial charge in [0.1, 0.15) is 0 Å². The molecule has 0 bridgehead atoms. The first-order valence-corrected chi connectivity index (χ1v) is 12.9. The van der Waals surface area contributed by atoms with E-state index < -0.39 is 26.1 Å². The van der Waals surface area contributed by atoms with Crippen LogP contribution in [0.5, 0.6) is 0 Å². The third-order valence-corrected chi connectivity index (χ3v) is 9.44. The Morgan fingerprint density at radius 2 is 1.22 bits per heavy atom. The monoisotopic (exact) mass is 430 g/mol. The summed E-state index contributed by atoms with van der Waals surface area (Å²) in [7, 11) is -9.69. The van der Waals surface area contributed by atoms with Gasteiger partial charge in [0.2, 0.25) is 0 Å². The Morgan fingerprint density at radius 1 is 0.815 bits per heavy atom. The second-order valence-corrected chi connectivity index (χ2v) is 11.3. The fourth-order valence-electron chi connectivity index (χ4n) is 2.34. The predicted octanol–water partition coefficient (Wildman–Crippen LogP) is 4.83. The number of esters is 1. The minimum atomic E-state index is -4.84. The van der Waals surface area contributed by atoms with Gasteiger partial charge in [-0.25, -0.2) is 0 Å². The molecule has 0 amide bonds. The molecule has 0 spiro atoms. The molecule has 2 atom stereocenters. The average molecular weight is 430 g/mol. The molecule has 0 aliphatic carbocycles. The standard InChI is InChI=1S/C17H36O8P2/c1-5-8-10-12-14-24-26(19,20)17(4,16(18)23-7-3)27(21,22)25-15-13-11-9-6-2/h5-15H2,1-4H3,(H,19,20)(H,21,22). The van der Waals surface area contributed by atoms with Crippen molar-refractivity contribution in [1.82, 2.24) is 0 Å². The van der Waals surface area contributed by atoms with Crippen LogP contribution in [0.25, 0.3) is 0 Å². The summed E-state index contributed by atoms with van der Waals surface area (Å²) in [5, 5.41) is 0. The number of hydrogen-bond donors (Lipinski definition) is 2. The molecule has 27 heavy (non-hydrogen) atoms. The Morgan fingerprint density at radius 3 is 1.56 bits per heavy atom. The van der Waals surface area contributed by atoms with Crippen LogP contribution in [0.4, 0.5) is 0 Å². The van der Waals surface area contributed by atoms with Crippen molar-refractivity contribution in [2.45, 2.75) is 84.0 Å². The van der Waals surface area contributed by atoms with Crippen LogP contribution in [0.15, 0.2) is 0 Å². The van der Waals surface area contributed by atoms with Crippen molar-refractivity contribution in [3.8, 4) is 0 Å². The molecule has 0 fully saturated rings. The van der Waals surface area contributed by atoms with Gasteiger partial charge in [-0.2, -0.15) is 0 Å². The molecule has 2 unspecified atom stereocenters. The van der Waals surface area contributed by atoms with E-state index in [1.165, 1.54) is 6.92 Å². The summed E-state index contributed by atoms with van der Waals surface area (Å²) < 4.78 is 40.5. The summed E-state index contributed by atoms with van der Waals surface area (Å²) in [4.78, 5) is 30.5. The van der Waals surface area contributed by atoms with E-state index in [4.69, 9.17) is 13.8 Å². The third kappa shape index (κ3) is 7.96. The quantitative estimate of drug-likeness (QED) is 0.203. The highest BCUT2D eigenvalue weighted by molar-refractivity contribution is 7.75. The maximum Gasteiger partial charge on any atom is 0.357 e. The fourth-order valence-corrected chi connectivity index (χ4v) is 5.81. The molecule has 0 aromatic heterocycles. The number of carbonyl (C=O) groups is 1. The van der Waals surface area contributed by atoms with E-state index in [-0.39, 0.29) is 19.8 Å². The Labute approximate surface area is 163 Å². The summed E-state index contributed by atoms with van der Waals surface area (Å²) in [6.45, 7) is 6.15. The van der Waals surface area contributed by atoms with E-state index in [0.29, 0.717) is 12.8 Å². The maximum absolute atomic E-state index is 12.8. The van der Waals surface area contributed by atoms with Gasteiger partial charge in [-0.05, 0) is 26.7 Å². The second kappa shape index (κ2) is 13.1. The molecule has 0 radical (unpaired) electrons. The number of unbranched alkanes of at least 4 members (excludes halogenated alkanes) is 6. The first kappa shape index (κ1) is 26.8. The van der Waals surface area contributed by atoms with Gasteiger partial charge in [0.25, 0.3) is 4.90 Å². The van der Waals surface area contributed by atoms with E-state index in [1.54, 1.807) is 0 Å². The van der Waals surface area contributed by atoms with Crippen LogP contribution < -0.4 is 0 Å². The largest absolute Gasteiger partial charge is 0.465 e. The van der Waals surface area contributed by atoms with Crippen LogP contribution in [-0.4, -0.2) is 40.5 Å². The Hall–Kier alpha value is -0.230. The summed E-state index contributed by atoms with van der Waals surface area (Å²) in [6.07, 6.45) is 6.43. The Balaban J connectivity index is 5.29. The minimum absolute atomic E-state index is 0.0979. The van der Waals surface area contributed by atoms with Crippen LogP contribution in [0.1, 0.15) is 79.1 Å². The zero-order chi connectivity index (χ0) is 21.0. The van der Waals surface area contributed by atoms with Gasteiger partial charge in [-0.3, -0.25) is 13.9 Å². The Bertz CT molecular complexity index is 489. The molecule has 8 nitrogen and oxygen atoms in total. The first-order chi connectivity index (χ1) is 12.6. The highest BCUT2D eigenvalue weighted by Crippen LogP contribution is 2.73. The number of rotatable bonds is 16. The van der Waals surface area contributed by atoms with Gasteiger partial charge in [0, 0.05) is 0 Å². The van der Waals surface area contributed by atoms with Crippen LogP contribution >= 0.6 is 15.2 Å². The fraction of sp³-hybridized carbons (Fsp3) is 0.941. The summed E-state index contributed by atoms with van der Waals surface area (Å²) in [6, 6.07) is 0. The lowest BCUT2D eigenvalue weighted by molar-refractivity contribution is -0.144. The van der Waals surface area contributed by atoms with Crippen LogP contribution in [0, 0.1) is 0 Å². The van der Waals surface area contributed by atoms with Crippen molar-refractivity contribution in [3.05, 3.63) is 0 Å². The molecule has 0 aromatic rings. The zero-order valence-corrected chi connectivity index (χ0v) is 18.8. The van der Waals surface area contributed by atoms with Crippen molar-refractivity contribution in [3.63, 3.8) is 0 Å². The minimum Gasteiger partial charge on any atom is -0.465 e. The van der Waals surface area contributed by atoms with E-state index in [9.17, 15) is 23.7 Å². The van der Waals surface area contributed by atoms with E-state index in [2.05, 4.69) is 0 Å². The third-order valence-electron chi connectivity index (χ3n) is 4.29. The van der Waals surface area contributed by atoms with Gasteiger partial charge in [-0.15, -0.1) is 0 Å². The average Bonchev–Trinajstić information content (AvgIpc) is 2.60. The molecule has 0 saturated heterocycles. The molecule has 10 heteroatoms. The maximum atomic E-state index is 12.8. The molecule has 2 N–H and O–H groups in total. The van der Waals surface area contributed by atoms with Crippen molar-refractivity contribution in [2.75, 3.05) is 19.8 Å². The molecule has 0 aliphatic heterocycles. The number of hydrogen-bond acceptors (Lipinski definition) is 6. The highest BCUT2D eigenvalue weighted by Gasteiger charge is 2.66. The lowest BCUT2D eigenvalue weighted by Gasteiger charge is -2.33. The van der Waals surface area contributed by atoms with Gasteiger partial charge in [0.15, 0.2) is 0 Å². The highest BCUT2D eigenvalue weighted by atomic mass is 31.2. The molecule has 0 rings (SSSR count). The predicted molar refractivity (Wildman–Crippen MR) is 105 cm³/mol. The van der Waals surface area contributed by atoms with E-state index in [1.807, 2.05) is 13.8 Å². The van der Waals surface area contributed by atoms with Gasteiger partial charge in [0.05, 0.1) is 19.8 Å². The van der Waals surface area contributed by atoms with Gasteiger partial charge < -0.3 is 23.6 Å². The molecule has 0 aliphatic rings. The van der Waals surface area contributed by atoms with E-state index >= 15 is 0 Å². The van der Waals surface area contributed by atoms with Crippen molar-refractivity contribution in [1.29, 1.82) is 0 Å². The van der Waals surface area contributed by atoms with Gasteiger partial charge in [-0.1, -0.05) is 52.4 Å². The summed E-state index contributed by atoms with van der Waals surface area (Å²) in [5.41, 5.74) is 0. The zero-order valence-electron chi connectivity index (χ0n) is 17.0. The van der Waals surface area contributed by atoms with E-state index in [0.717, 1.165) is 45.4 Å². The normalized spacial score (nSPS) is 18.3. The van der Waals surface area contributed by atoms with Crippen LogP contribution in [0.3, 0.4) is 0 Å². The summed E-state index contributed by atoms with van der Waals surface area (Å²) >= 11 is 0. The van der Waals surface area contributed by atoms with Crippen molar-refractivity contribution < 1.29 is 37.5 Å². The lowest BCUT2D eigenvalue weighted by atomic mass is 10.2. The Kier molecular flexibility index (Phi) is 13.0. The van der Waals surface area contributed by atoms with Crippen molar-refractivity contribution >= 4 is 21.2 Å². The number of carbonyl (C=O) groups excluding carboxylic acids is 1. The SMILES string of the molecule is CCCCCCOP(=O)(O)C(C)(C(=O)OCC)P(=O)(O)OCCCCCC. The molecular weight excluding hydrogens is 394 g/mol. The first-order valence-electron chi connectivity index (χ1n) is 9.72. The van der Waals surface area contributed by atoms with Crippen LogP contribution in [-0.2, 0) is 27.7 Å². The van der Waals surface area contributed by atoms with Crippen molar-refractivity contribution in [2.24, 2.45) is 0 Å². The molecule has 0 heterocycles. The molecule has 0 saturated carbocycles. The number of ether oxygens (including phenoxy) is 1. The molecular formula is C17H36O8P2.